The number of hydrogen-bond acceptors (Lipinski definition) is 6. The van der Waals surface area contributed by atoms with E-state index in [2.05, 4.69) is 0 Å². The lowest BCUT2D eigenvalue weighted by atomic mass is 9.65. The van der Waals surface area contributed by atoms with Crippen molar-refractivity contribution in [1.82, 2.24) is 0 Å². The molecule has 0 radical (unpaired) electrons. The van der Waals surface area contributed by atoms with Crippen molar-refractivity contribution in [2.45, 2.75) is 77.4 Å². The highest BCUT2D eigenvalue weighted by Gasteiger charge is 2.46. The summed E-state index contributed by atoms with van der Waals surface area (Å²) < 4.78 is 16.2. The zero-order valence-electron chi connectivity index (χ0n) is 15.5. The molecule has 2 aliphatic carbocycles. The molecular formula is C19H29NO5. The lowest BCUT2D eigenvalue weighted by Gasteiger charge is -2.43. The zero-order valence-corrected chi connectivity index (χ0v) is 15.5. The molecule has 0 aromatic rings. The van der Waals surface area contributed by atoms with Crippen molar-refractivity contribution in [1.29, 1.82) is 5.26 Å². The van der Waals surface area contributed by atoms with Crippen LogP contribution in [-0.2, 0) is 19.0 Å². The first kappa shape index (κ1) is 19.6. The molecule has 0 heterocycles. The van der Waals surface area contributed by atoms with Crippen LogP contribution in [0.5, 0.6) is 0 Å². The Balaban J connectivity index is 2.08. The molecule has 0 spiro atoms. The minimum Gasteiger partial charge on any atom is -0.464 e. The van der Waals surface area contributed by atoms with Gasteiger partial charge in [-0.15, -0.1) is 0 Å². The molecule has 2 saturated carbocycles. The number of ether oxygens (including phenoxy) is 3. The Morgan fingerprint density at radius 3 is 2.52 bits per heavy atom. The van der Waals surface area contributed by atoms with Gasteiger partial charge in [-0.05, 0) is 51.9 Å². The van der Waals surface area contributed by atoms with Crippen LogP contribution in [-0.4, -0.2) is 30.4 Å². The van der Waals surface area contributed by atoms with E-state index < -0.39 is 23.8 Å². The smallest absolute Gasteiger partial charge is 0.464 e. The Morgan fingerprint density at radius 1 is 1.12 bits per heavy atom. The van der Waals surface area contributed by atoms with Gasteiger partial charge in [0.2, 0.25) is 0 Å². The standard InChI is InChI=1S/C19H29NO5/c1-19(2,3)25-18(22)24-16-14-8-5-4-7-13(14)9-10-15(16)17(21)23-12-6-11-20/h13-16H,4-10,12H2,1-3H3. The van der Waals surface area contributed by atoms with E-state index in [0.29, 0.717) is 12.3 Å². The second kappa shape index (κ2) is 8.55. The van der Waals surface area contributed by atoms with E-state index in [1.165, 1.54) is 6.42 Å². The molecule has 4 unspecified atom stereocenters. The topological polar surface area (TPSA) is 85.6 Å². The minimum atomic E-state index is -0.724. The van der Waals surface area contributed by atoms with E-state index in [4.69, 9.17) is 19.5 Å². The summed E-state index contributed by atoms with van der Waals surface area (Å²) in [5.74, 6) is -0.161. The molecule has 0 aliphatic heterocycles. The largest absolute Gasteiger partial charge is 0.509 e. The van der Waals surface area contributed by atoms with Crippen molar-refractivity contribution in [3.8, 4) is 6.07 Å². The fraction of sp³-hybridized carbons (Fsp3) is 0.842. The fourth-order valence-corrected chi connectivity index (χ4v) is 3.99. The van der Waals surface area contributed by atoms with Crippen LogP contribution < -0.4 is 0 Å². The summed E-state index contributed by atoms with van der Waals surface area (Å²) in [5.41, 5.74) is -0.638. The number of nitrogens with zero attached hydrogens (tertiary/aromatic N) is 1. The molecule has 25 heavy (non-hydrogen) atoms. The predicted molar refractivity (Wildman–Crippen MR) is 90.5 cm³/mol. The van der Waals surface area contributed by atoms with Gasteiger partial charge in [0.25, 0.3) is 0 Å². The third-order valence-corrected chi connectivity index (χ3v) is 5.02. The zero-order chi connectivity index (χ0) is 18.4. The molecule has 0 N–H and O–H groups in total. The number of rotatable bonds is 4. The van der Waals surface area contributed by atoms with Crippen molar-refractivity contribution in [3.63, 3.8) is 0 Å². The Hall–Kier alpha value is -1.77. The Bertz CT molecular complexity index is 519. The molecule has 4 atom stereocenters. The molecule has 0 aromatic carbocycles. The van der Waals surface area contributed by atoms with Crippen LogP contribution in [0.1, 0.15) is 65.7 Å². The van der Waals surface area contributed by atoms with E-state index in [9.17, 15) is 9.59 Å². The molecule has 0 bridgehead atoms. The van der Waals surface area contributed by atoms with E-state index in [0.717, 1.165) is 25.7 Å². The second-order valence-electron chi connectivity index (χ2n) is 8.01. The number of hydrogen-bond donors (Lipinski definition) is 0. The summed E-state index contributed by atoms with van der Waals surface area (Å²) in [5, 5.41) is 8.60. The van der Waals surface area contributed by atoms with Crippen LogP contribution in [0.4, 0.5) is 4.79 Å². The maximum atomic E-state index is 12.5. The van der Waals surface area contributed by atoms with Crippen molar-refractivity contribution in [2.75, 3.05) is 6.61 Å². The first-order chi connectivity index (χ1) is 11.8. The molecule has 0 amide bonds. The molecule has 2 rings (SSSR count). The van der Waals surface area contributed by atoms with Gasteiger partial charge < -0.3 is 14.2 Å². The van der Waals surface area contributed by atoms with Gasteiger partial charge in [-0.25, -0.2) is 4.79 Å². The van der Waals surface area contributed by atoms with Crippen molar-refractivity contribution in [3.05, 3.63) is 0 Å². The van der Waals surface area contributed by atoms with Crippen LogP contribution in [0.2, 0.25) is 0 Å². The number of carbonyl (C=O) groups excluding carboxylic acids is 2. The summed E-state index contributed by atoms with van der Waals surface area (Å²) in [6, 6.07) is 1.96. The average Bonchev–Trinajstić information content (AvgIpc) is 2.53. The van der Waals surface area contributed by atoms with E-state index in [1.807, 2.05) is 6.07 Å². The SMILES string of the molecule is CC(C)(C)OC(=O)OC1C(C(=O)OCCC#N)CCC2CCCCC21. The van der Waals surface area contributed by atoms with Crippen LogP contribution in [0.3, 0.4) is 0 Å². The Morgan fingerprint density at radius 2 is 1.84 bits per heavy atom. The molecule has 6 heteroatoms. The van der Waals surface area contributed by atoms with E-state index in [1.54, 1.807) is 20.8 Å². The number of nitriles is 1. The van der Waals surface area contributed by atoms with Gasteiger partial charge in [-0.2, -0.15) is 5.26 Å². The summed E-state index contributed by atoms with van der Waals surface area (Å²) in [6.07, 6.45) is 4.92. The summed E-state index contributed by atoms with van der Waals surface area (Å²) in [4.78, 5) is 24.7. The molecular weight excluding hydrogens is 322 g/mol. The van der Waals surface area contributed by atoms with Crippen LogP contribution in [0.15, 0.2) is 0 Å². The van der Waals surface area contributed by atoms with Gasteiger partial charge in [0, 0.05) is 0 Å². The minimum absolute atomic E-state index is 0.0824. The van der Waals surface area contributed by atoms with Crippen molar-refractivity contribution < 1.29 is 23.8 Å². The quantitative estimate of drug-likeness (QED) is 0.562. The third-order valence-electron chi connectivity index (χ3n) is 5.02. The molecule has 0 aromatic heterocycles. The second-order valence-corrected chi connectivity index (χ2v) is 8.01. The number of esters is 1. The van der Waals surface area contributed by atoms with Gasteiger partial charge in [0.05, 0.1) is 18.4 Å². The molecule has 2 fully saturated rings. The first-order valence-electron chi connectivity index (χ1n) is 9.25. The number of fused-ring (bicyclic) bond motifs is 1. The van der Waals surface area contributed by atoms with E-state index >= 15 is 0 Å². The van der Waals surface area contributed by atoms with Crippen molar-refractivity contribution >= 4 is 12.1 Å². The highest BCUT2D eigenvalue weighted by Crippen LogP contribution is 2.44. The molecule has 2 aliphatic rings. The average molecular weight is 351 g/mol. The molecule has 6 nitrogen and oxygen atoms in total. The van der Waals surface area contributed by atoms with Gasteiger partial charge >= 0.3 is 12.1 Å². The Labute approximate surface area is 149 Å². The lowest BCUT2D eigenvalue weighted by Crippen LogP contribution is -2.47. The van der Waals surface area contributed by atoms with Gasteiger partial charge in [0.15, 0.2) is 0 Å². The van der Waals surface area contributed by atoms with Crippen LogP contribution in [0.25, 0.3) is 0 Å². The molecule has 140 valence electrons. The highest BCUT2D eigenvalue weighted by molar-refractivity contribution is 5.74. The van der Waals surface area contributed by atoms with Gasteiger partial charge in [-0.3, -0.25) is 4.79 Å². The normalized spacial score (nSPS) is 29.0. The summed E-state index contributed by atoms with van der Waals surface area (Å²) >= 11 is 0. The van der Waals surface area contributed by atoms with Crippen molar-refractivity contribution in [2.24, 2.45) is 17.8 Å². The monoisotopic (exact) mass is 351 g/mol. The number of carbonyl (C=O) groups is 2. The molecule has 0 saturated heterocycles. The maximum absolute atomic E-state index is 12.5. The maximum Gasteiger partial charge on any atom is 0.509 e. The third kappa shape index (κ3) is 5.62. The van der Waals surface area contributed by atoms with E-state index in [-0.39, 0.29) is 24.9 Å². The van der Waals surface area contributed by atoms with Gasteiger partial charge in [-0.1, -0.05) is 19.3 Å². The lowest BCUT2D eigenvalue weighted by molar-refractivity contribution is -0.161. The summed E-state index contributed by atoms with van der Waals surface area (Å²) in [6.45, 7) is 5.43. The Kier molecular flexibility index (Phi) is 6.69. The summed E-state index contributed by atoms with van der Waals surface area (Å²) in [7, 11) is 0. The van der Waals surface area contributed by atoms with Crippen LogP contribution >= 0.6 is 0 Å². The fourth-order valence-electron chi connectivity index (χ4n) is 3.99. The first-order valence-corrected chi connectivity index (χ1v) is 9.25. The van der Waals surface area contributed by atoms with Crippen LogP contribution in [0, 0.1) is 29.1 Å². The predicted octanol–water partition coefficient (Wildman–Crippen LogP) is 3.98. The highest BCUT2D eigenvalue weighted by atomic mass is 16.7. The van der Waals surface area contributed by atoms with Gasteiger partial charge in [0.1, 0.15) is 18.3 Å².